The third-order valence-corrected chi connectivity index (χ3v) is 3.00. The molecule has 2 rings (SSSR count). The maximum Gasteiger partial charge on any atom is 0.193 e. The van der Waals surface area contributed by atoms with Gasteiger partial charge in [-0.2, -0.15) is 0 Å². The van der Waals surface area contributed by atoms with E-state index < -0.39 is 0 Å². The third-order valence-electron chi connectivity index (χ3n) is 3.00. The number of nitrogens with one attached hydrogen (secondary N) is 1. The van der Waals surface area contributed by atoms with E-state index in [4.69, 9.17) is 5.73 Å². The Morgan fingerprint density at radius 1 is 1.27 bits per heavy atom. The SMILES string of the molecule is Cc1cccc(NC(N)=NCc2cccnc2N(C)C)c1.I. The van der Waals surface area contributed by atoms with Gasteiger partial charge >= 0.3 is 0 Å². The lowest BCUT2D eigenvalue weighted by molar-refractivity contribution is 0.983. The number of aromatic nitrogens is 1. The molecule has 0 saturated heterocycles. The van der Waals surface area contributed by atoms with Crippen molar-refractivity contribution in [2.45, 2.75) is 13.5 Å². The molecule has 22 heavy (non-hydrogen) atoms. The van der Waals surface area contributed by atoms with Gasteiger partial charge in [0.15, 0.2) is 5.96 Å². The molecule has 0 amide bonds. The molecule has 3 N–H and O–H groups in total. The van der Waals surface area contributed by atoms with Gasteiger partial charge in [0.1, 0.15) is 5.82 Å². The summed E-state index contributed by atoms with van der Waals surface area (Å²) in [6, 6.07) is 11.9. The first-order chi connectivity index (χ1) is 10.1. The molecule has 0 spiro atoms. The van der Waals surface area contributed by atoms with Crippen LogP contribution in [0.5, 0.6) is 0 Å². The van der Waals surface area contributed by atoms with Crippen molar-refractivity contribution >= 4 is 41.4 Å². The zero-order valence-electron chi connectivity index (χ0n) is 13.1. The number of nitrogens with two attached hydrogens (primary N) is 1. The summed E-state index contributed by atoms with van der Waals surface area (Å²) in [6.07, 6.45) is 1.77. The van der Waals surface area contributed by atoms with E-state index in [2.05, 4.69) is 15.3 Å². The van der Waals surface area contributed by atoms with Gasteiger partial charge in [-0.15, -0.1) is 24.0 Å². The summed E-state index contributed by atoms with van der Waals surface area (Å²) in [6.45, 7) is 2.53. The van der Waals surface area contributed by atoms with Crippen LogP contribution in [0.1, 0.15) is 11.1 Å². The maximum atomic E-state index is 5.93. The highest BCUT2D eigenvalue weighted by atomic mass is 127. The van der Waals surface area contributed by atoms with Crippen molar-refractivity contribution in [3.8, 4) is 0 Å². The molecule has 0 atom stereocenters. The molecular weight excluding hydrogens is 389 g/mol. The van der Waals surface area contributed by atoms with E-state index >= 15 is 0 Å². The van der Waals surface area contributed by atoms with Gasteiger partial charge in [0.05, 0.1) is 6.54 Å². The zero-order valence-corrected chi connectivity index (χ0v) is 15.4. The molecule has 2 aromatic rings. The summed E-state index contributed by atoms with van der Waals surface area (Å²) >= 11 is 0. The van der Waals surface area contributed by atoms with Gasteiger partial charge in [0.25, 0.3) is 0 Å². The number of aliphatic imine (C=N–C) groups is 1. The van der Waals surface area contributed by atoms with E-state index in [1.807, 2.05) is 62.3 Å². The van der Waals surface area contributed by atoms with Gasteiger partial charge < -0.3 is 16.0 Å². The summed E-state index contributed by atoms with van der Waals surface area (Å²) in [4.78, 5) is 10.7. The first-order valence-electron chi connectivity index (χ1n) is 6.81. The van der Waals surface area contributed by atoms with E-state index in [0.29, 0.717) is 12.5 Å². The summed E-state index contributed by atoms with van der Waals surface area (Å²) in [7, 11) is 3.92. The van der Waals surface area contributed by atoms with Crippen molar-refractivity contribution in [1.82, 2.24) is 4.98 Å². The molecule has 0 radical (unpaired) electrons. The van der Waals surface area contributed by atoms with Crippen LogP contribution in [0, 0.1) is 6.92 Å². The Bertz CT molecular complexity index is 640. The second-order valence-corrected chi connectivity index (χ2v) is 5.08. The van der Waals surface area contributed by atoms with Crippen molar-refractivity contribution in [3.05, 3.63) is 53.7 Å². The predicted octanol–water partition coefficient (Wildman–Crippen LogP) is 3.00. The highest BCUT2D eigenvalue weighted by Gasteiger charge is 2.04. The lowest BCUT2D eigenvalue weighted by atomic mass is 10.2. The first kappa shape index (κ1) is 18.2. The Balaban J connectivity index is 0.00000242. The van der Waals surface area contributed by atoms with Crippen LogP contribution in [0.2, 0.25) is 0 Å². The van der Waals surface area contributed by atoms with E-state index in [1.165, 1.54) is 5.56 Å². The lowest BCUT2D eigenvalue weighted by Gasteiger charge is -2.14. The van der Waals surface area contributed by atoms with Crippen LogP contribution < -0.4 is 16.0 Å². The maximum absolute atomic E-state index is 5.93. The molecule has 6 heteroatoms. The second-order valence-electron chi connectivity index (χ2n) is 5.08. The molecule has 1 aromatic carbocycles. The quantitative estimate of drug-likeness (QED) is 0.461. The monoisotopic (exact) mass is 411 g/mol. The Kier molecular flexibility index (Phi) is 7.10. The summed E-state index contributed by atoms with van der Waals surface area (Å²) in [5, 5.41) is 3.10. The second kappa shape index (κ2) is 8.57. The summed E-state index contributed by atoms with van der Waals surface area (Å²) < 4.78 is 0. The number of pyridine rings is 1. The fraction of sp³-hybridized carbons (Fsp3) is 0.250. The fourth-order valence-corrected chi connectivity index (χ4v) is 2.04. The van der Waals surface area contributed by atoms with Crippen LogP contribution in [0.4, 0.5) is 11.5 Å². The number of hydrogen-bond donors (Lipinski definition) is 2. The molecular formula is C16H22IN5. The molecule has 0 aliphatic carbocycles. The molecule has 0 unspecified atom stereocenters. The van der Waals surface area contributed by atoms with Crippen molar-refractivity contribution < 1.29 is 0 Å². The first-order valence-corrected chi connectivity index (χ1v) is 6.81. The van der Waals surface area contributed by atoms with Crippen LogP contribution in [-0.2, 0) is 6.54 Å². The predicted molar refractivity (Wildman–Crippen MR) is 104 cm³/mol. The van der Waals surface area contributed by atoms with Crippen LogP contribution in [0.15, 0.2) is 47.6 Å². The smallest absolute Gasteiger partial charge is 0.193 e. The highest BCUT2D eigenvalue weighted by Crippen LogP contribution is 2.15. The van der Waals surface area contributed by atoms with Crippen molar-refractivity contribution in [3.63, 3.8) is 0 Å². The van der Waals surface area contributed by atoms with Crippen LogP contribution >= 0.6 is 24.0 Å². The number of guanidine groups is 1. The number of anilines is 2. The number of aryl methyl sites for hydroxylation is 1. The molecule has 0 aliphatic heterocycles. The molecule has 0 aliphatic rings. The number of nitrogens with zero attached hydrogens (tertiary/aromatic N) is 3. The van der Waals surface area contributed by atoms with Crippen molar-refractivity contribution in [2.75, 3.05) is 24.3 Å². The van der Waals surface area contributed by atoms with Crippen molar-refractivity contribution in [1.29, 1.82) is 0 Å². The molecule has 118 valence electrons. The summed E-state index contributed by atoms with van der Waals surface area (Å²) in [5.74, 6) is 1.30. The summed E-state index contributed by atoms with van der Waals surface area (Å²) in [5.41, 5.74) is 9.09. The average Bonchev–Trinajstić information content (AvgIpc) is 2.45. The lowest BCUT2D eigenvalue weighted by Crippen LogP contribution is -2.23. The van der Waals surface area contributed by atoms with E-state index in [1.54, 1.807) is 6.20 Å². The normalized spacial score (nSPS) is 10.8. The third kappa shape index (κ3) is 5.18. The molecule has 0 bridgehead atoms. The van der Waals surface area contributed by atoms with Crippen LogP contribution in [0.3, 0.4) is 0 Å². The van der Waals surface area contributed by atoms with Gasteiger partial charge in [0.2, 0.25) is 0 Å². The van der Waals surface area contributed by atoms with Crippen LogP contribution in [-0.4, -0.2) is 25.0 Å². The Morgan fingerprint density at radius 2 is 2.05 bits per heavy atom. The Morgan fingerprint density at radius 3 is 2.73 bits per heavy atom. The molecule has 5 nitrogen and oxygen atoms in total. The zero-order chi connectivity index (χ0) is 15.2. The largest absolute Gasteiger partial charge is 0.370 e. The Labute approximate surface area is 148 Å². The van der Waals surface area contributed by atoms with Gasteiger partial charge in [-0.1, -0.05) is 18.2 Å². The number of halogens is 1. The number of hydrogen-bond acceptors (Lipinski definition) is 3. The standard InChI is InChI=1S/C16H21N5.HI/c1-12-6-4-8-14(10-12)20-16(17)19-11-13-7-5-9-18-15(13)21(2)3;/h4-10H,11H2,1-3H3,(H3,17,19,20);1H. The average molecular weight is 411 g/mol. The molecule has 1 aromatic heterocycles. The van der Waals surface area contributed by atoms with E-state index in [0.717, 1.165) is 17.1 Å². The van der Waals surface area contributed by atoms with Crippen LogP contribution in [0.25, 0.3) is 0 Å². The van der Waals surface area contributed by atoms with E-state index in [9.17, 15) is 0 Å². The topological polar surface area (TPSA) is 66.5 Å². The van der Waals surface area contributed by atoms with Gasteiger partial charge in [-0.05, 0) is 30.7 Å². The molecule has 0 fully saturated rings. The molecule has 0 saturated carbocycles. The highest BCUT2D eigenvalue weighted by molar-refractivity contribution is 14.0. The van der Waals surface area contributed by atoms with E-state index in [-0.39, 0.29) is 24.0 Å². The minimum atomic E-state index is 0. The van der Waals surface area contributed by atoms with Crippen molar-refractivity contribution in [2.24, 2.45) is 10.7 Å². The minimum Gasteiger partial charge on any atom is -0.370 e. The minimum absolute atomic E-state index is 0. The fourth-order valence-electron chi connectivity index (χ4n) is 2.04. The molecule has 1 heterocycles. The van der Waals surface area contributed by atoms with Gasteiger partial charge in [0, 0.05) is 31.5 Å². The Hall–Kier alpha value is -1.83. The number of rotatable bonds is 4. The number of benzene rings is 1. The van der Waals surface area contributed by atoms with Gasteiger partial charge in [-0.3, -0.25) is 0 Å². The van der Waals surface area contributed by atoms with Gasteiger partial charge in [-0.25, -0.2) is 9.98 Å².